The molecule has 0 fully saturated rings. The topological polar surface area (TPSA) is 66.0 Å². The first-order valence-corrected chi connectivity index (χ1v) is 8.10. The van der Waals surface area contributed by atoms with Crippen molar-refractivity contribution in [3.05, 3.63) is 89.6 Å². The lowest BCUT2D eigenvalue weighted by Gasteiger charge is -2.08. The summed E-state index contributed by atoms with van der Waals surface area (Å²) in [5, 5.41) is 10.6. The Labute approximate surface area is 150 Å². The number of fused-ring (bicyclic) bond motifs is 1. The molecule has 0 saturated carbocycles. The normalized spacial score (nSPS) is 10.3. The van der Waals surface area contributed by atoms with Gasteiger partial charge in [0.05, 0.1) is 11.3 Å². The monoisotopic (exact) mass is 338 g/mol. The van der Waals surface area contributed by atoms with Gasteiger partial charge in [-0.25, -0.2) is 9.78 Å². The van der Waals surface area contributed by atoms with E-state index < -0.39 is 5.97 Å². The second-order valence-electron chi connectivity index (χ2n) is 5.76. The van der Waals surface area contributed by atoms with Crippen LogP contribution in [0.4, 0.5) is 0 Å². The van der Waals surface area contributed by atoms with Gasteiger partial charge in [-0.3, -0.25) is 0 Å². The quantitative estimate of drug-likeness (QED) is 0.535. The molecular weight excluding hydrogens is 324 g/mol. The summed E-state index contributed by atoms with van der Waals surface area (Å²) in [5.41, 5.74) is 3.50. The predicted molar refractivity (Wildman–Crippen MR) is 101 cm³/mol. The van der Waals surface area contributed by atoms with Crippen LogP contribution in [-0.4, -0.2) is 21.0 Å². The van der Waals surface area contributed by atoms with Crippen molar-refractivity contribution in [3.8, 4) is 23.1 Å². The van der Waals surface area contributed by atoms with Gasteiger partial charge in [0, 0.05) is 28.3 Å². The SMILES string of the molecule is O=C(O)c1cccc(C#Cc2ccccc2)c1-c1ccc2cc[nH]c2n1. The second-order valence-corrected chi connectivity index (χ2v) is 5.76. The van der Waals surface area contributed by atoms with Crippen LogP contribution in [0.2, 0.25) is 0 Å². The molecule has 4 aromatic rings. The molecule has 2 N–H and O–H groups in total. The maximum atomic E-state index is 11.8. The number of carbonyl (C=O) groups is 1. The molecule has 2 aromatic carbocycles. The highest BCUT2D eigenvalue weighted by molar-refractivity contribution is 5.98. The fraction of sp³-hybridized carbons (Fsp3) is 0. The molecule has 0 spiro atoms. The maximum Gasteiger partial charge on any atom is 0.336 e. The zero-order valence-electron chi connectivity index (χ0n) is 13.7. The third kappa shape index (κ3) is 2.94. The highest BCUT2D eigenvalue weighted by atomic mass is 16.4. The maximum absolute atomic E-state index is 11.8. The van der Waals surface area contributed by atoms with Crippen molar-refractivity contribution in [2.75, 3.05) is 0 Å². The van der Waals surface area contributed by atoms with E-state index in [0.717, 1.165) is 10.9 Å². The molecule has 0 unspecified atom stereocenters. The number of aromatic nitrogens is 2. The van der Waals surface area contributed by atoms with E-state index in [1.165, 1.54) is 0 Å². The van der Waals surface area contributed by atoms with Crippen molar-refractivity contribution in [3.63, 3.8) is 0 Å². The van der Waals surface area contributed by atoms with Crippen LogP contribution in [0.3, 0.4) is 0 Å². The van der Waals surface area contributed by atoms with Gasteiger partial charge in [-0.2, -0.15) is 0 Å². The van der Waals surface area contributed by atoms with Crippen LogP contribution in [0.25, 0.3) is 22.3 Å². The molecular formula is C22H14N2O2. The van der Waals surface area contributed by atoms with Gasteiger partial charge in [0.25, 0.3) is 0 Å². The molecule has 0 aliphatic carbocycles. The number of pyridine rings is 1. The Morgan fingerprint density at radius 3 is 2.58 bits per heavy atom. The smallest absolute Gasteiger partial charge is 0.336 e. The molecule has 2 heterocycles. The van der Waals surface area contributed by atoms with E-state index in [-0.39, 0.29) is 5.56 Å². The van der Waals surface area contributed by atoms with E-state index >= 15 is 0 Å². The third-order valence-corrected chi connectivity index (χ3v) is 4.08. The molecule has 124 valence electrons. The Morgan fingerprint density at radius 2 is 1.77 bits per heavy atom. The van der Waals surface area contributed by atoms with Gasteiger partial charge in [-0.1, -0.05) is 36.1 Å². The number of aromatic amines is 1. The molecule has 0 aliphatic heterocycles. The van der Waals surface area contributed by atoms with Crippen LogP contribution in [0.1, 0.15) is 21.5 Å². The number of hydrogen-bond acceptors (Lipinski definition) is 2. The first kappa shape index (κ1) is 15.7. The van der Waals surface area contributed by atoms with Crippen molar-refractivity contribution < 1.29 is 9.90 Å². The molecule has 2 aromatic heterocycles. The number of carboxylic acid groups (broad SMARTS) is 1. The van der Waals surface area contributed by atoms with E-state index in [9.17, 15) is 9.90 Å². The number of aromatic carboxylic acids is 1. The minimum absolute atomic E-state index is 0.184. The zero-order valence-corrected chi connectivity index (χ0v) is 13.7. The molecule has 4 nitrogen and oxygen atoms in total. The number of rotatable bonds is 2. The van der Waals surface area contributed by atoms with Crippen molar-refractivity contribution in [2.24, 2.45) is 0 Å². The molecule has 4 heteroatoms. The number of H-pyrrole nitrogens is 1. The van der Waals surface area contributed by atoms with Crippen molar-refractivity contribution in [1.29, 1.82) is 0 Å². The number of nitrogens with zero attached hydrogens (tertiary/aromatic N) is 1. The summed E-state index contributed by atoms with van der Waals surface area (Å²) in [5.74, 6) is 5.19. The Kier molecular flexibility index (Phi) is 3.97. The fourth-order valence-corrected chi connectivity index (χ4v) is 2.84. The van der Waals surface area contributed by atoms with Crippen LogP contribution >= 0.6 is 0 Å². The lowest BCUT2D eigenvalue weighted by molar-refractivity contribution is 0.0697. The van der Waals surface area contributed by atoms with E-state index in [2.05, 4.69) is 21.8 Å². The highest BCUT2D eigenvalue weighted by Gasteiger charge is 2.16. The molecule has 0 saturated heterocycles. The van der Waals surface area contributed by atoms with Crippen LogP contribution < -0.4 is 0 Å². The molecule has 26 heavy (non-hydrogen) atoms. The Morgan fingerprint density at radius 1 is 0.923 bits per heavy atom. The second kappa shape index (κ2) is 6.58. The van der Waals surface area contributed by atoms with Crippen molar-refractivity contribution in [2.45, 2.75) is 0 Å². The molecule has 0 atom stereocenters. The summed E-state index contributed by atoms with van der Waals surface area (Å²) in [7, 11) is 0. The van der Waals surface area contributed by atoms with Gasteiger partial charge in [-0.15, -0.1) is 0 Å². The van der Waals surface area contributed by atoms with Crippen molar-refractivity contribution in [1.82, 2.24) is 9.97 Å². The number of benzene rings is 2. The molecule has 0 aliphatic rings. The number of hydrogen-bond donors (Lipinski definition) is 2. The summed E-state index contributed by atoms with van der Waals surface area (Å²) in [6.07, 6.45) is 1.81. The van der Waals surface area contributed by atoms with E-state index in [4.69, 9.17) is 0 Å². The minimum Gasteiger partial charge on any atom is -0.478 e. The Balaban J connectivity index is 1.91. The Hall–Kier alpha value is -3.84. The lowest BCUT2D eigenvalue weighted by Crippen LogP contribution is -2.02. The standard InChI is InChI=1S/C22H14N2O2/c25-22(26)18-8-4-7-16(10-9-15-5-2-1-3-6-15)20(18)19-12-11-17-13-14-23-21(17)24-19/h1-8,11-14H,(H,23,24)(H,25,26). The average molecular weight is 338 g/mol. The van der Waals surface area contributed by atoms with Crippen LogP contribution in [-0.2, 0) is 0 Å². The Bertz CT molecular complexity index is 1160. The van der Waals surface area contributed by atoms with Crippen LogP contribution in [0, 0.1) is 11.8 Å². The third-order valence-electron chi connectivity index (χ3n) is 4.08. The molecule has 4 rings (SSSR count). The van der Waals surface area contributed by atoms with E-state index in [1.54, 1.807) is 18.3 Å². The molecule has 0 radical (unpaired) electrons. The van der Waals surface area contributed by atoms with Gasteiger partial charge in [-0.05, 0) is 42.5 Å². The summed E-state index contributed by atoms with van der Waals surface area (Å²) in [6, 6.07) is 20.3. The van der Waals surface area contributed by atoms with Gasteiger partial charge in [0.2, 0.25) is 0 Å². The fourth-order valence-electron chi connectivity index (χ4n) is 2.84. The summed E-state index contributed by atoms with van der Waals surface area (Å²) < 4.78 is 0. The molecule has 0 bridgehead atoms. The first-order valence-electron chi connectivity index (χ1n) is 8.10. The van der Waals surface area contributed by atoms with E-state index in [1.807, 2.05) is 54.6 Å². The predicted octanol–water partition coefficient (Wildman–Crippen LogP) is 4.33. The lowest BCUT2D eigenvalue weighted by atomic mass is 9.97. The average Bonchev–Trinajstić information content (AvgIpc) is 3.14. The van der Waals surface area contributed by atoms with Crippen molar-refractivity contribution >= 4 is 17.0 Å². The van der Waals surface area contributed by atoms with Crippen LogP contribution in [0.15, 0.2) is 72.9 Å². The summed E-state index contributed by atoms with van der Waals surface area (Å²) in [4.78, 5) is 19.4. The summed E-state index contributed by atoms with van der Waals surface area (Å²) >= 11 is 0. The number of nitrogens with one attached hydrogen (secondary N) is 1. The van der Waals surface area contributed by atoms with E-state index in [0.29, 0.717) is 22.5 Å². The minimum atomic E-state index is -1.00. The van der Waals surface area contributed by atoms with Gasteiger partial charge >= 0.3 is 5.97 Å². The van der Waals surface area contributed by atoms with Gasteiger partial charge < -0.3 is 10.1 Å². The van der Waals surface area contributed by atoms with Gasteiger partial charge in [0.1, 0.15) is 5.65 Å². The van der Waals surface area contributed by atoms with Crippen LogP contribution in [0.5, 0.6) is 0 Å². The number of carboxylic acids is 1. The largest absolute Gasteiger partial charge is 0.478 e. The highest BCUT2D eigenvalue weighted by Crippen LogP contribution is 2.28. The molecule has 0 amide bonds. The first-order chi connectivity index (χ1) is 12.7. The summed E-state index contributed by atoms with van der Waals surface area (Å²) in [6.45, 7) is 0. The zero-order chi connectivity index (χ0) is 17.9. The van der Waals surface area contributed by atoms with Gasteiger partial charge in [0.15, 0.2) is 0 Å².